The van der Waals surface area contributed by atoms with E-state index in [9.17, 15) is 0 Å². The minimum Gasteiger partial charge on any atom is -0.456 e. The second-order valence-electron chi connectivity index (χ2n) is 10.2. The molecule has 0 amide bonds. The van der Waals surface area contributed by atoms with Gasteiger partial charge in [-0.15, -0.1) is 0 Å². The van der Waals surface area contributed by atoms with E-state index in [0.29, 0.717) is 0 Å². The molecule has 0 atom stereocenters. The molecule has 8 aromatic rings. The molecule has 0 unspecified atom stereocenters. The summed E-state index contributed by atoms with van der Waals surface area (Å²) in [7, 11) is 0. The smallest absolute Gasteiger partial charge is 0.136 e. The summed E-state index contributed by atoms with van der Waals surface area (Å²) in [4.78, 5) is 0. The Hall–Kier alpha value is -4.88. The Labute approximate surface area is 220 Å². The normalized spacial score (nSPS) is 11.8. The van der Waals surface area contributed by atoms with E-state index in [0.717, 1.165) is 16.6 Å². The molecule has 0 saturated carbocycles. The number of furan rings is 1. The zero-order valence-corrected chi connectivity index (χ0v) is 21.0. The molecule has 0 spiro atoms. The summed E-state index contributed by atoms with van der Waals surface area (Å²) in [6.45, 7) is 2.10. The minimum absolute atomic E-state index is 0.926. The minimum atomic E-state index is 0.926. The summed E-state index contributed by atoms with van der Waals surface area (Å²) < 4.78 is 6.35. The first-order valence-electron chi connectivity index (χ1n) is 13.1. The maximum atomic E-state index is 6.35. The lowest BCUT2D eigenvalue weighted by atomic mass is 9.85. The number of benzene rings is 7. The van der Waals surface area contributed by atoms with Gasteiger partial charge >= 0.3 is 0 Å². The van der Waals surface area contributed by atoms with Gasteiger partial charge in [0.1, 0.15) is 11.2 Å². The fourth-order valence-corrected chi connectivity index (χ4v) is 6.14. The fraction of sp³-hybridized carbons (Fsp3) is 0.0270. The Balaban J connectivity index is 1.45. The van der Waals surface area contributed by atoms with Gasteiger partial charge in [0, 0.05) is 10.8 Å². The van der Waals surface area contributed by atoms with Crippen LogP contribution < -0.4 is 0 Å². The first-order chi connectivity index (χ1) is 18.7. The van der Waals surface area contributed by atoms with Gasteiger partial charge in [0.25, 0.3) is 0 Å². The van der Waals surface area contributed by atoms with Gasteiger partial charge in [0.2, 0.25) is 0 Å². The number of rotatable bonds is 2. The van der Waals surface area contributed by atoms with Gasteiger partial charge in [-0.2, -0.15) is 0 Å². The average molecular weight is 485 g/mol. The summed E-state index contributed by atoms with van der Waals surface area (Å²) in [5.74, 6) is 0. The molecule has 1 nitrogen and oxygen atoms in total. The van der Waals surface area contributed by atoms with E-state index in [-0.39, 0.29) is 0 Å². The molecule has 0 bridgehead atoms. The molecule has 0 radical (unpaired) electrons. The van der Waals surface area contributed by atoms with Crippen LogP contribution in [0.1, 0.15) is 5.56 Å². The lowest BCUT2D eigenvalue weighted by Gasteiger charge is -2.18. The van der Waals surface area contributed by atoms with E-state index in [1.165, 1.54) is 65.5 Å². The lowest BCUT2D eigenvalue weighted by Crippen LogP contribution is -1.90. The predicted molar refractivity (Wildman–Crippen MR) is 162 cm³/mol. The highest BCUT2D eigenvalue weighted by atomic mass is 16.3. The first kappa shape index (κ1) is 21.2. The van der Waals surface area contributed by atoms with Crippen molar-refractivity contribution in [2.75, 3.05) is 0 Å². The van der Waals surface area contributed by atoms with Crippen LogP contribution in [-0.2, 0) is 0 Å². The van der Waals surface area contributed by atoms with Crippen molar-refractivity contribution in [2.24, 2.45) is 0 Å². The third-order valence-electron chi connectivity index (χ3n) is 7.89. The van der Waals surface area contributed by atoms with Crippen molar-refractivity contribution in [1.29, 1.82) is 0 Å². The van der Waals surface area contributed by atoms with Crippen LogP contribution in [0.4, 0.5) is 0 Å². The summed E-state index contributed by atoms with van der Waals surface area (Å²) in [6, 6.07) is 46.2. The molecule has 1 heteroatoms. The standard InChI is InChI=1S/C37H24O/c1-23-14-18-28-29-19-17-27(22-35(29)38-34(28)20-23)37-32-12-6-4-10-30(32)36(31-11-5-7-13-33(31)37)26-16-15-24-8-2-3-9-25(24)21-26/h2-22H,1H3. The van der Waals surface area contributed by atoms with Crippen LogP contribution in [0, 0.1) is 6.92 Å². The molecule has 0 fully saturated rings. The fourth-order valence-electron chi connectivity index (χ4n) is 6.14. The summed E-state index contributed by atoms with van der Waals surface area (Å²) >= 11 is 0. The third kappa shape index (κ3) is 3.12. The molecule has 7 aromatic carbocycles. The summed E-state index contributed by atoms with van der Waals surface area (Å²) in [5, 5.41) is 9.86. The quantitative estimate of drug-likeness (QED) is 0.222. The Morgan fingerprint density at radius 2 is 0.895 bits per heavy atom. The third-order valence-corrected chi connectivity index (χ3v) is 7.89. The maximum absolute atomic E-state index is 6.35. The van der Waals surface area contributed by atoms with Gasteiger partial charge in [0.15, 0.2) is 0 Å². The average Bonchev–Trinajstić information content (AvgIpc) is 3.32. The van der Waals surface area contributed by atoms with Crippen molar-refractivity contribution in [2.45, 2.75) is 6.92 Å². The van der Waals surface area contributed by atoms with Crippen molar-refractivity contribution < 1.29 is 4.42 Å². The Morgan fingerprint density at radius 1 is 0.395 bits per heavy atom. The van der Waals surface area contributed by atoms with Crippen LogP contribution in [0.2, 0.25) is 0 Å². The van der Waals surface area contributed by atoms with Crippen LogP contribution >= 0.6 is 0 Å². The lowest BCUT2D eigenvalue weighted by molar-refractivity contribution is 0.669. The van der Waals surface area contributed by atoms with Gasteiger partial charge in [0.05, 0.1) is 0 Å². The number of fused-ring (bicyclic) bond motifs is 6. The highest BCUT2D eigenvalue weighted by Gasteiger charge is 2.18. The second kappa shape index (κ2) is 8.06. The molecule has 0 saturated heterocycles. The molecule has 0 N–H and O–H groups in total. The second-order valence-corrected chi connectivity index (χ2v) is 10.2. The van der Waals surface area contributed by atoms with Crippen molar-refractivity contribution in [3.05, 3.63) is 133 Å². The van der Waals surface area contributed by atoms with E-state index in [2.05, 4.69) is 134 Å². The topological polar surface area (TPSA) is 13.1 Å². The molecule has 0 aliphatic carbocycles. The highest BCUT2D eigenvalue weighted by Crippen LogP contribution is 2.45. The zero-order chi connectivity index (χ0) is 25.2. The molecular formula is C37H24O. The molecule has 8 rings (SSSR count). The SMILES string of the molecule is Cc1ccc2c(c1)oc1cc(-c3c4ccccc4c(-c4ccc5ccccc5c4)c4ccccc34)ccc12. The Bertz CT molecular complexity index is 2140. The predicted octanol–water partition coefficient (Wildman–Crippen LogP) is 10.7. The van der Waals surface area contributed by atoms with Crippen molar-refractivity contribution in [3.8, 4) is 22.3 Å². The highest BCUT2D eigenvalue weighted by molar-refractivity contribution is 6.22. The zero-order valence-electron chi connectivity index (χ0n) is 21.0. The molecule has 38 heavy (non-hydrogen) atoms. The monoisotopic (exact) mass is 484 g/mol. The molecule has 1 aromatic heterocycles. The Kier molecular flexibility index (Phi) is 4.50. The molecule has 178 valence electrons. The molecule has 0 aliphatic rings. The molecule has 0 aliphatic heterocycles. The van der Waals surface area contributed by atoms with Crippen molar-refractivity contribution in [3.63, 3.8) is 0 Å². The van der Waals surface area contributed by atoms with E-state index in [1.807, 2.05) is 0 Å². The van der Waals surface area contributed by atoms with Gasteiger partial charge in [-0.1, -0.05) is 103 Å². The number of hydrogen-bond acceptors (Lipinski definition) is 1. The van der Waals surface area contributed by atoms with Crippen molar-refractivity contribution >= 4 is 54.3 Å². The van der Waals surface area contributed by atoms with Gasteiger partial charge in [-0.3, -0.25) is 0 Å². The van der Waals surface area contributed by atoms with Crippen LogP contribution in [0.25, 0.3) is 76.5 Å². The largest absolute Gasteiger partial charge is 0.456 e. The van der Waals surface area contributed by atoms with E-state index < -0.39 is 0 Å². The van der Waals surface area contributed by atoms with Crippen molar-refractivity contribution in [1.82, 2.24) is 0 Å². The molecular weight excluding hydrogens is 460 g/mol. The van der Waals surface area contributed by atoms with Gasteiger partial charge in [-0.25, -0.2) is 0 Å². The van der Waals surface area contributed by atoms with E-state index in [4.69, 9.17) is 4.42 Å². The summed E-state index contributed by atoms with van der Waals surface area (Å²) in [6.07, 6.45) is 0. The van der Waals surface area contributed by atoms with E-state index in [1.54, 1.807) is 0 Å². The maximum Gasteiger partial charge on any atom is 0.136 e. The van der Waals surface area contributed by atoms with Crippen LogP contribution in [0.5, 0.6) is 0 Å². The Morgan fingerprint density at radius 3 is 1.55 bits per heavy atom. The van der Waals surface area contributed by atoms with Crippen LogP contribution in [0.15, 0.2) is 132 Å². The first-order valence-corrected chi connectivity index (χ1v) is 13.1. The summed E-state index contributed by atoms with van der Waals surface area (Å²) in [5.41, 5.74) is 8.02. The van der Waals surface area contributed by atoms with E-state index >= 15 is 0 Å². The number of aryl methyl sites for hydroxylation is 1. The number of hydrogen-bond donors (Lipinski definition) is 0. The van der Waals surface area contributed by atoms with Crippen LogP contribution in [-0.4, -0.2) is 0 Å². The van der Waals surface area contributed by atoms with Gasteiger partial charge in [-0.05, 0) is 91.3 Å². The van der Waals surface area contributed by atoms with Gasteiger partial charge < -0.3 is 4.42 Å². The van der Waals surface area contributed by atoms with Crippen LogP contribution in [0.3, 0.4) is 0 Å². The molecule has 1 heterocycles.